The molecule has 3 aliphatic heterocycles. The van der Waals surface area contributed by atoms with Gasteiger partial charge in [0, 0.05) is 59.4 Å². The number of nitrogens with zero attached hydrogens (tertiary/aromatic N) is 2. The first-order chi connectivity index (χ1) is 18.0. The number of benzene rings is 2. The normalized spacial score (nSPS) is 32.7. The van der Waals surface area contributed by atoms with Crippen molar-refractivity contribution >= 4 is 33.0 Å². The van der Waals surface area contributed by atoms with E-state index in [0.717, 1.165) is 38.8 Å². The number of aromatic nitrogens is 2. The summed E-state index contributed by atoms with van der Waals surface area (Å²) >= 11 is 0. The minimum absolute atomic E-state index is 0.249. The highest BCUT2D eigenvalue weighted by molar-refractivity contribution is 5.99. The van der Waals surface area contributed by atoms with E-state index in [-0.39, 0.29) is 11.2 Å². The molecule has 186 valence electrons. The number of nitrogens with one attached hydrogen (secondary N) is 2. The van der Waals surface area contributed by atoms with Crippen LogP contribution in [-0.4, -0.2) is 70.2 Å². The fourth-order valence-corrected chi connectivity index (χ4v) is 8.52. The van der Waals surface area contributed by atoms with Gasteiger partial charge in [-0.3, -0.25) is 9.80 Å². The van der Waals surface area contributed by atoms with Gasteiger partial charge in [-0.1, -0.05) is 24.3 Å². The van der Waals surface area contributed by atoms with Crippen LogP contribution in [0.3, 0.4) is 0 Å². The topological polar surface area (TPSA) is 47.3 Å². The molecule has 9 rings (SSSR count). The molecule has 2 aliphatic carbocycles. The van der Waals surface area contributed by atoms with Crippen molar-refractivity contribution in [1.82, 2.24) is 19.8 Å². The number of aromatic amines is 2. The molecule has 5 heteroatoms. The summed E-state index contributed by atoms with van der Waals surface area (Å²) in [5, 5.41) is 2.81. The van der Waals surface area contributed by atoms with Crippen molar-refractivity contribution < 1.29 is 4.74 Å². The lowest BCUT2D eigenvalue weighted by molar-refractivity contribution is -0.0845. The summed E-state index contributed by atoms with van der Waals surface area (Å²) in [4.78, 5) is 12.1. The standard InChI is InChI=1S/C32H32N4O/c1-35-17-31(13-23-21-5-3-7-25-29(21)19(15-33-25)11-27(23)35)9-10-32(37-31)14-24-22-6-4-8-26-30(22)20(16-34-26)12-28(24)36(2)18-32/h3-8,13-16,27-28,33-34H,9-12,17-18H2,1-2H3/t27-,28-,31?,32?/m1/s1. The van der Waals surface area contributed by atoms with Gasteiger partial charge in [-0.2, -0.15) is 0 Å². The van der Waals surface area contributed by atoms with E-state index in [1.807, 2.05) is 0 Å². The van der Waals surface area contributed by atoms with Gasteiger partial charge in [0.05, 0.1) is 0 Å². The summed E-state index contributed by atoms with van der Waals surface area (Å²) in [5.74, 6) is 0. The van der Waals surface area contributed by atoms with Crippen LogP contribution in [0, 0.1) is 0 Å². The van der Waals surface area contributed by atoms with Gasteiger partial charge in [0.25, 0.3) is 0 Å². The average Bonchev–Trinajstić information content (AvgIpc) is 3.59. The maximum Gasteiger partial charge on any atom is 0.101 e. The zero-order valence-corrected chi connectivity index (χ0v) is 21.5. The molecular formula is C32H32N4O. The molecule has 5 aliphatic rings. The summed E-state index contributed by atoms with van der Waals surface area (Å²) in [5.41, 5.74) is 10.6. The number of H-pyrrole nitrogens is 2. The minimum Gasteiger partial charge on any atom is -0.361 e. The van der Waals surface area contributed by atoms with Crippen molar-refractivity contribution in [2.24, 2.45) is 0 Å². The largest absolute Gasteiger partial charge is 0.361 e. The Balaban J connectivity index is 1.16. The Morgan fingerprint density at radius 2 is 1.22 bits per heavy atom. The van der Waals surface area contributed by atoms with E-state index in [9.17, 15) is 0 Å². The Morgan fingerprint density at radius 3 is 1.70 bits per heavy atom. The molecule has 2 spiro atoms. The van der Waals surface area contributed by atoms with Crippen molar-refractivity contribution in [3.05, 3.63) is 83.2 Å². The van der Waals surface area contributed by atoms with Crippen molar-refractivity contribution in [1.29, 1.82) is 0 Å². The molecule has 4 atom stereocenters. The SMILES string of the molecule is CN1CC2(C=C3c4cccc5[nH]cc(c45)C[C@H]31)CCC1(C=C3c4cccc5[nH]cc(c45)C[C@H]3N(C)C1)O2. The monoisotopic (exact) mass is 488 g/mol. The van der Waals surface area contributed by atoms with Gasteiger partial charge in [0.15, 0.2) is 0 Å². The molecule has 2 aromatic heterocycles. The summed E-state index contributed by atoms with van der Waals surface area (Å²) < 4.78 is 7.34. The fourth-order valence-electron chi connectivity index (χ4n) is 8.52. The van der Waals surface area contributed by atoms with Crippen molar-refractivity contribution in [3.8, 4) is 0 Å². The lowest BCUT2D eigenvalue weighted by atomic mass is 9.77. The molecule has 5 nitrogen and oxygen atoms in total. The van der Waals surface area contributed by atoms with Gasteiger partial charge in [-0.05, 0) is 97.5 Å². The zero-order chi connectivity index (χ0) is 24.5. The first-order valence-corrected chi connectivity index (χ1v) is 13.8. The Hall–Kier alpha value is -3.12. The quantitative estimate of drug-likeness (QED) is 0.360. The highest BCUT2D eigenvalue weighted by Gasteiger charge is 2.53. The summed E-state index contributed by atoms with van der Waals surface area (Å²) in [6.07, 6.45) is 13.8. The van der Waals surface area contributed by atoms with Crippen LogP contribution in [0.2, 0.25) is 0 Å². The Morgan fingerprint density at radius 1 is 0.730 bits per heavy atom. The first-order valence-electron chi connectivity index (χ1n) is 13.8. The van der Waals surface area contributed by atoms with E-state index in [4.69, 9.17) is 4.74 Å². The zero-order valence-electron chi connectivity index (χ0n) is 21.5. The third kappa shape index (κ3) is 2.69. The maximum absolute atomic E-state index is 7.34. The van der Waals surface area contributed by atoms with E-state index in [1.54, 1.807) is 0 Å². The van der Waals surface area contributed by atoms with Gasteiger partial charge >= 0.3 is 0 Å². The summed E-state index contributed by atoms with van der Waals surface area (Å²) in [6.45, 7) is 1.90. The Labute approximate surface area is 216 Å². The summed E-state index contributed by atoms with van der Waals surface area (Å²) in [7, 11) is 4.59. The van der Waals surface area contributed by atoms with Crippen molar-refractivity contribution in [2.45, 2.75) is 49.0 Å². The van der Waals surface area contributed by atoms with Crippen LogP contribution in [0.5, 0.6) is 0 Å². The number of hydrogen-bond acceptors (Lipinski definition) is 3. The molecule has 0 saturated carbocycles. The van der Waals surface area contributed by atoms with Crippen LogP contribution in [0.1, 0.15) is 35.1 Å². The number of likely N-dealkylation sites (N-methyl/N-ethyl adjacent to an activating group) is 2. The van der Waals surface area contributed by atoms with E-state index < -0.39 is 0 Å². The highest BCUT2D eigenvalue weighted by Crippen LogP contribution is 2.51. The molecule has 5 heterocycles. The van der Waals surface area contributed by atoms with Crippen LogP contribution in [0.4, 0.5) is 0 Å². The van der Waals surface area contributed by atoms with Crippen molar-refractivity contribution in [3.63, 3.8) is 0 Å². The molecule has 0 amide bonds. The smallest absolute Gasteiger partial charge is 0.101 e. The third-order valence-electron chi connectivity index (χ3n) is 10.1. The predicted molar refractivity (Wildman–Crippen MR) is 149 cm³/mol. The Bertz CT molecular complexity index is 1570. The third-order valence-corrected chi connectivity index (χ3v) is 10.1. The first kappa shape index (κ1) is 20.9. The number of ether oxygens (including phenoxy) is 1. The van der Waals surface area contributed by atoms with Crippen LogP contribution < -0.4 is 0 Å². The van der Waals surface area contributed by atoms with Gasteiger partial charge in [-0.25, -0.2) is 0 Å². The van der Waals surface area contributed by atoms with Crippen LogP contribution in [-0.2, 0) is 17.6 Å². The van der Waals surface area contributed by atoms with E-state index in [1.165, 1.54) is 55.2 Å². The lowest BCUT2D eigenvalue weighted by Gasteiger charge is -2.47. The van der Waals surface area contributed by atoms with Crippen LogP contribution in [0.15, 0.2) is 60.9 Å². The van der Waals surface area contributed by atoms with E-state index in [2.05, 4.69) is 94.8 Å². The van der Waals surface area contributed by atoms with Gasteiger partial charge in [0.2, 0.25) is 0 Å². The number of fused-ring (bicyclic) bond motifs is 4. The molecule has 0 bridgehead atoms. The second-order valence-corrected chi connectivity index (χ2v) is 12.3. The molecule has 0 radical (unpaired) electrons. The predicted octanol–water partition coefficient (Wildman–Crippen LogP) is 5.14. The highest BCUT2D eigenvalue weighted by atomic mass is 16.5. The molecule has 2 unspecified atom stereocenters. The van der Waals surface area contributed by atoms with Gasteiger partial charge < -0.3 is 14.7 Å². The molecule has 2 N–H and O–H groups in total. The van der Waals surface area contributed by atoms with E-state index in [0.29, 0.717) is 12.1 Å². The van der Waals surface area contributed by atoms with Crippen LogP contribution >= 0.6 is 0 Å². The molecular weight excluding hydrogens is 456 g/mol. The average molecular weight is 489 g/mol. The maximum atomic E-state index is 7.34. The van der Waals surface area contributed by atoms with Gasteiger partial charge in [-0.15, -0.1) is 0 Å². The number of rotatable bonds is 0. The summed E-state index contributed by atoms with van der Waals surface area (Å²) in [6, 6.07) is 14.2. The van der Waals surface area contributed by atoms with Gasteiger partial charge in [0.1, 0.15) is 11.2 Å². The minimum atomic E-state index is -0.249. The second-order valence-electron chi connectivity index (χ2n) is 12.3. The Kier molecular flexibility index (Phi) is 3.86. The lowest BCUT2D eigenvalue weighted by Crippen LogP contribution is -2.54. The second kappa shape index (κ2) is 6.84. The molecule has 37 heavy (non-hydrogen) atoms. The number of hydrogen-bond donors (Lipinski definition) is 2. The van der Waals surface area contributed by atoms with Crippen molar-refractivity contribution in [2.75, 3.05) is 27.2 Å². The van der Waals surface area contributed by atoms with E-state index >= 15 is 0 Å². The fraction of sp³-hybridized carbons (Fsp3) is 0.375. The molecule has 2 aromatic carbocycles. The molecule has 1 fully saturated rings. The van der Waals surface area contributed by atoms with Crippen LogP contribution in [0.25, 0.3) is 33.0 Å². The molecule has 4 aromatic rings. The molecule has 1 saturated heterocycles.